The Kier molecular flexibility index (Phi) is 7.96. The Morgan fingerprint density at radius 1 is 0.853 bits per heavy atom. The van der Waals surface area contributed by atoms with Gasteiger partial charge in [0.05, 0.1) is 6.61 Å². The van der Waals surface area contributed by atoms with Gasteiger partial charge in [-0.1, -0.05) is 36.4 Å². The SMILES string of the molecule is C[C@@H]1OC[C@H]2OC(O)[C@H](OC(=O)COc3ccccc3)[C@@H](OC(=O)COc3ccccc3)[C@@H]2O1. The number of carbonyl (C=O) groups excluding carboxylic acids is 2. The molecule has 2 aromatic rings. The minimum Gasteiger partial charge on any atom is -0.482 e. The minimum atomic E-state index is -1.57. The van der Waals surface area contributed by atoms with Gasteiger partial charge in [-0.3, -0.25) is 0 Å². The number of aliphatic hydroxyl groups excluding tert-OH is 1. The van der Waals surface area contributed by atoms with E-state index < -0.39 is 62.1 Å². The zero-order valence-electron chi connectivity index (χ0n) is 18.5. The molecule has 1 N–H and O–H groups in total. The van der Waals surface area contributed by atoms with Crippen molar-refractivity contribution in [1.29, 1.82) is 0 Å². The summed E-state index contributed by atoms with van der Waals surface area (Å²) in [6, 6.07) is 17.5. The van der Waals surface area contributed by atoms with E-state index in [1.165, 1.54) is 0 Å². The van der Waals surface area contributed by atoms with Gasteiger partial charge >= 0.3 is 11.9 Å². The predicted molar refractivity (Wildman–Crippen MR) is 115 cm³/mol. The molecule has 34 heavy (non-hydrogen) atoms. The molecule has 0 spiro atoms. The van der Waals surface area contributed by atoms with Crippen molar-refractivity contribution in [3.63, 3.8) is 0 Å². The van der Waals surface area contributed by atoms with Gasteiger partial charge < -0.3 is 38.3 Å². The first-order valence-electron chi connectivity index (χ1n) is 10.8. The number of carbonyl (C=O) groups is 2. The van der Waals surface area contributed by atoms with Crippen LogP contribution in [0.4, 0.5) is 0 Å². The Morgan fingerprint density at radius 3 is 1.94 bits per heavy atom. The maximum Gasteiger partial charge on any atom is 0.344 e. The number of aliphatic hydroxyl groups is 1. The number of esters is 2. The van der Waals surface area contributed by atoms with Crippen LogP contribution in [0.3, 0.4) is 0 Å². The average molecular weight is 474 g/mol. The molecule has 0 aliphatic carbocycles. The van der Waals surface area contributed by atoms with E-state index >= 15 is 0 Å². The molecule has 0 aromatic heterocycles. The van der Waals surface area contributed by atoms with E-state index in [2.05, 4.69) is 0 Å². The monoisotopic (exact) mass is 474 g/mol. The van der Waals surface area contributed by atoms with E-state index in [9.17, 15) is 14.7 Å². The lowest BCUT2D eigenvalue weighted by Crippen LogP contribution is -2.64. The number of hydrogen-bond acceptors (Lipinski definition) is 10. The van der Waals surface area contributed by atoms with Gasteiger partial charge in [0.2, 0.25) is 0 Å². The van der Waals surface area contributed by atoms with E-state index in [0.717, 1.165) is 0 Å². The molecule has 0 saturated carbocycles. The second-order valence-corrected chi connectivity index (χ2v) is 7.68. The minimum absolute atomic E-state index is 0.106. The van der Waals surface area contributed by atoms with Gasteiger partial charge in [0, 0.05) is 0 Å². The van der Waals surface area contributed by atoms with Gasteiger partial charge in [0.15, 0.2) is 38.0 Å². The second-order valence-electron chi connectivity index (χ2n) is 7.68. The van der Waals surface area contributed by atoms with E-state index in [4.69, 9.17) is 33.2 Å². The number of fused-ring (bicyclic) bond motifs is 1. The van der Waals surface area contributed by atoms with Crippen LogP contribution in [0.25, 0.3) is 0 Å². The molecule has 2 aliphatic heterocycles. The Balaban J connectivity index is 1.42. The Bertz CT molecular complexity index is 937. The highest BCUT2D eigenvalue weighted by atomic mass is 16.7. The Morgan fingerprint density at radius 2 is 1.38 bits per heavy atom. The van der Waals surface area contributed by atoms with E-state index in [0.29, 0.717) is 11.5 Å². The van der Waals surface area contributed by atoms with Crippen LogP contribution in [0.1, 0.15) is 6.92 Å². The molecule has 4 rings (SSSR count). The normalized spacial score (nSPS) is 28.3. The first-order valence-corrected chi connectivity index (χ1v) is 10.8. The second kappa shape index (κ2) is 11.3. The number of hydrogen-bond donors (Lipinski definition) is 1. The molecule has 6 atom stereocenters. The highest BCUT2D eigenvalue weighted by molar-refractivity contribution is 5.72. The van der Waals surface area contributed by atoms with Gasteiger partial charge in [-0.2, -0.15) is 0 Å². The fraction of sp³-hybridized carbons (Fsp3) is 0.417. The molecule has 182 valence electrons. The third kappa shape index (κ3) is 6.23. The van der Waals surface area contributed by atoms with E-state index in [1.807, 2.05) is 12.1 Å². The summed E-state index contributed by atoms with van der Waals surface area (Å²) in [4.78, 5) is 25.0. The first kappa shape index (κ1) is 24.0. The summed E-state index contributed by atoms with van der Waals surface area (Å²) in [6.07, 6.45) is -6.25. The van der Waals surface area contributed by atoms with Crippen LogP contribution in [-0.2, 0) is 33.3 Å². The standard InChI is InChI=1S/C24H26O10/c1-15-28-12-18-21(31-15)22(33-19(25)13-29-16-8-4-2-5-9-16)23(24(27)32-18)34-20(26)14-30-17-10-6-3-7-11-17/h2-11,15,18,21-24,27H,12-14H2,1H3/t15-,18-,21-,22+,23-,24?/m1/s1. The molecule has 2 aliphatic rings. The van der Waals surface area contributed by atoms with Crippen LogP contribution in [-0.4, -0.2) is 73.9 Å². The molecule has 2 fully saturated rings. The van der Waals surface area contributed by atoms with Crippen molar-refractivity contribution in [3.8, 4) is 11.5 Å². The third-order valence-electron chi connectivity index (χ3n) is 5.19. The van der Waals surface area contributed by atoms with Crippen molar-refractivity contribution in [1.82, 2.24) is 0 Å². The highest BCUT2D eigenvalue weighted by Gasteiger charge is 2.52. The number of rotatable bonds is 8. The average Bonchev–Trinajstić information content (AvgIpc) is 2.85. The summed E-state index contributed by atoms with van der Waals surface area (Å²) in [5, 5.41) is 10.5. The van der Waals surface area contributed by atoms with Crippen molar-refractivity contribution in [2.45, 2.75) is 43.9 Å². The van der Waals surface area contributed by atoms with Crippen LogP contribution < -0.4 is 9.47 Å². The first-order chi connectivity index (χ1) is 16.5. The van der Waals surface area contributed by atoms with Crippen LogP contribution in [0.5, 0.6) is 11.5 Å². The fourth-order valence-electron chi connectivity index (χ4n) is 3.63. The lowest BCUT2D eigenvalue weighted by molar-refractivity contribution is -0.350. The van der Waals surface area contributed by atoms with Crippen LogP contribution >= 0.6 is 0 Å². The number of ether oxygens (including phenoxy) is 7. The van der Waals surface area contributed by atoms with E-state index in [-0.39, 0.29) is 6.61 Å². The van der Waals surface area contributed by atoms with Crippen molar-refractivity contribution >= 4 is 11.9 Å². The third-order valence-corrected chi connectivity index (χ3v) is 5.19. The summed E-state index contributed by atoms with van der Waals surface area (Å²) in [5.41, 5.74) is 0. The van der Waals surface area contributed by atoms with Crippen molar-refractivity contribution < 1.29 is 47.9 Å². The van der Waals surface area contributed by atoms with Crippen LogP contribution in [0.2, 0.25) is 0 Å². The summed E-state index contributed by atoms with van der Waals surface area (Å²) in [5.74, 6) is -0.549. The van der Waals surface area contributed by atoms with Crippen molar-refractivity contribution in [2.24, 2.45) is 0 Å². The highest BCUT2D eigenvalue weighted by Crippen LogP contribution is 2.31. The molecule has 0 bridgehead atoms. The maximum absolute atomic E-state index is 12.6. The molecular weight excluding hydrogens is 448 g/mol. The molecule has 2 saturated heterocycles. The van der Waals surface area contributed by atoms with Crippen LogP contribution in [0.15, 0.2) is 60.7 Å². The topological polar surface area (TPSA) is 119 Å². The fourth-order valence-corrected chi connectivity index (χ4v) is 3.63. The molecule has 2 heterocycles. The molecule has 1 unspecified atom stereocenters. The molecular formula is C24H26O10. The predicted octanol–water partition coefficient (Wildman–Crippen LogP) is 1.45. The van der Waals surface area contributed by atoms with Crippen LogP contribution in [0, 0.1) is 0 Å². The van der Waals surface area contributed by atoms with Crippen molar-refractivity contribution in [2.75, 3.05) is 19.8 Å². The molecule has 10 nitrogen and oxygen atoms in total. The summed E-state index contributed by atoms with van der Waals surface area (Å²) in [7, 11) is 0. The Labute approximate surface area is 196 Å². The molecule has 0 amide bonds. The smallest absolute Gasteiger partial charge is 0.344 e. The number of para-hydroxylation sites is 2. The number of benzene rings is 2. The largest absolute Gasteiger partial charge is 0.482 e. The molecule has 0 radical (unpaired) electrons. The summed E-state index contributed by atoms with van der Waals surface area (Å²) < 4.78 is 38.5. The zero-order valence-corrected chi connectivity index (χ0v) is 18.5. The zero-order chi connectivity index (χ0) is 23.9. The van der Waals surface area contributed by atoms with Gasteiger partial charge in [0.1, 0.15) is 23.7 Å². The lowest BCUT2D eigenvalue weighted by Gasteiger charge is -2.46. The van der Waals surface area contributed by atoms with E-state index in [1.54, 1.807) is 55.5 Å². The summed E-state index contributed by atoms with van der Waals surface area (Å²) >= 11 is 0. The van der Waals surface area contributed by atoms with Gasteiger partial charge in [0.25, 0.3) is 0 Å². The molecule has 10 heteroatoms. The summed E-state index contributed by atoms with van der Waals surface area (Å²) in [6.45, 7) is 0.973. The van der Waals surface area contributed by atoms with Gasteiger partial charge in [-0.25, -0.2) is 9.59 Å². The van der Waals surface area contributed by atoms with Gasteiger partial charge in [-0.05, 0) is 31.2 Å². The quantitative estimate of drug-likeness (QED) is 0.563. The van der Waals surface area contributed by atoms with Crippen molar-refractivity contribution in [3.05, 3.63) is 60.7 Å². The lowest BCUT2D eigenvalue weighted by atomic mass is 9.97. The maximum atomic E-state index is 12.6. The van der Waals surface area contributed by atoms with Gasteiger partial charge in [-0.15, -0.1) is 0 Å². The Hall–Kier alpha value is -3.18. The molecule has 2 aromatic carbocycles.